The van der Waals surface area contributed by atoms with Gasteiger partial charge in [-0.3, -0.25) is 13.9 Å². The van der Waals surface area contributed by atoms with E-state index in [-0.39, 0.29) is 29.5 Å². The molecule has 4 aliphatic rings. The van der Waals surface area contributed by atoms with Gasteiger partial charge >= 0.3 is 16.4 Å². The van der Waals surface area contributed by atoms with Crippen molar-refractivity contribution in [3.8, 4) is 0 Å². The molecular formula is C24H42O8S. The molecule has 0 aliphatic heterocycles. The summed E-state index contributed by atoms with van der Waals surface area (Å²) in [5, 5.41) is 30.8. The van der Waals surface area contributed by atoms with Crippen LogP contribution in [0.3, 0.4) is 0 Å². The van der Waals surface area contributed by atoms with Gasteiger partial charge in [-0.15, -0.1) is 0 Å². The van der Waals surface area contributed by atoms with E-state index in [2.05, 4.69) is 20.8 Å². The average molecular weight is 491 g/mol. The molecule has 0 heterocycles. The normalized spacial score (nSPS) is 45.6. The molecule has 0 amide bonds. The van der Waals surface area contributed by atoms with E-state index in [1.165, 1.54) is 19.3 Å². The molecule has 0 radical (unpaired) electrons. The van der Waals surface area contributed by atoms with Gasteiger partial charge in [0.1, 0.15) is 0 Å². The number of aliphatic hydroxyl groups is 2. The summed E-state index contributed by atoms with van der Waals surface area (Å²) >= 11 is 0. The van der Waals surface area contributed by atoms with Crippen molar-refractivity contribution in [1.82, 2.24) is 0 Å². The largest absolute Gasteiger partial charge is 0.481 e. The van der Waals surface area contributed by atoms with Crippen LogP contribution in [0.15, 0.2) is 0 Å². The lowest BCUT2D eigenvalue weighted by Gasteiger charge is -2.62. The first-order valence-corrected chi connectivity index (χ1v) is 13.8. The van der Waals surface area contributed by atoms with Crippen molar-refractivity contribution in [2.45, 2.75) is 97.2 Å². The molecular weight excluding hydrogens is 448 g/mol. The Balaban J connectivity index is 0.000000555. The van der Waals surface area contributed by atoms with Crippen LogP contribution in [0, 0.1) is 46.3 Å². The van der Waals surface area contributed by atoms with Gasteiger partial charge in [-0.2, -0.15) is 8.42 Å². The van der Waals surface area contributed by atoms with Crippen molar-refractivity contribution >= 4 is 16.4 Å². The third-order valence-electron chi connectivity index (χ3n) is 10.3. The minimum absolute atomic E-state index is 0.0591. The van der Waals surface area contributed by atoms with Crippen molar-refractivity contribution in [2.75, 3.05) is 0 Å². The Hall–Kier alpha value is -0.740. The number of hydrogen-bond acceptors (Lipinski definition) is 5. The second-order valence-electron chi connectivity index (χ2n) is 11.7. The summed E-state index contributed by atoms with van der Waals surface area (Å²) in [7, 11) is -4.67. The maximum Gasteiger partial charge on any atom is 0.394 e. The molecule has 0 aromatic heterocycles. The summed E-state index contributed by atoms with van der Waals surface area (Å²) in [5.41, 5.74) is 0.216. The fraction of sp³-hybridized carbons (Fsp3) is 0.958. The predicted octanol–water partition coefficient (Wildman–Crippen LogP) is 3.83. The van der Waals surface area contributed by atoms with Crippen LogP contribution in [0.4, 0.5) is 0 Å². The van der Waals surface area contributed by atoms with E-state index in [0.717, 1.165) is 38.5 Å². The standard InChI is InChI=1S/C24H40O4.H2O4S/c1-14(4-9-22(27)28)18-7-8-19-17-6-5-15-12-16(25)10-11-23(15,2)20(17)13-21(26)24(18,19)3;1-5(2,3)4/h14-21,25-26H,4-13H2,1-3H3,(H,27,28);(H2,1,2,3,4)/t14-,15-,16-,17?,18-,19?,20?,21+,23+,24-;/m1./s1. The van der Waals surface area contributed by atoms with Crippen LogP contribution in [-0.4, -0.2) is 51.0 Å². The molecule has 4 aliphatic carbocycles. The quantitative estimate of drug-likeness (QED) is 0.373. The maximum atomic E-state index is 11.5. The number of carboxylic acid groups (broad SMARTS) is 1. The van der Waals surface area contributed by atoms with Gasteiger partial charge in [0, 0.05) is 6.42 Å². The van der Waals surface area contributed by atoms with Crippen molar-refractivity contribution in [2.24, 2.45) is 46.3 Å². The highest BCUT2D eigenvalue weighted by Gasteiger charge is 2.63. The second-order valence-corrected chi connectivity index (χ2v) is 12.6. The molecule has 4 fully saturated rings. The lowest BCUT2D eigenvalue weighted by molar-refractivity contribution is -0.175. The Morgan fingerprint density at radius 3 is 2.24 bits per heavy atom. The monoisotopic (exact) mass is 490 g/mol. The van der Waals surface area contributed by atoms with Gasteiger partial charge in [-0.25, -0.2) is 0 Å². The fourth-order valence-corrected chi connectivity index (χ4v) is 8.71. The highest BCUT2D eigenvalue weighted by Crippen LogP contribution is 2.68. The smallest absolute Gasteiger partial charge is 0.394 e. The molecule has 9 heteroatoms. The first kappa shape index (κ1) is 26.9. The zero-order valence-electron chi connectivity index (χ0n) is 20.1. The minimum Gasteiger partial charge on any atom is -0.481 e. The number of aliphatic carboxylic acids is 1. The van der Waals surface area contributed by atoms with Gasteiger partial charge in [0.05, 0.1) is 12.2 Å². The molecule has 5 N–H and O–H groups in total. The predicted molar refractivity (Wildman–Crippen MR) is 123 cm³/mol. The zero-order valence-corrected chi connectivity index (χ0v) is 20.9. The summed E-state index contributed by atoms with van der Waals surface area (Å²) in [6.07, 6.45) is 9.26. The lowest BCUT2D eigenvalue weighted by atomic mass is 9.43. The molecule has 10 atom stereocenters. The van der Waals surface area contributed by atoms with Gasteiger partial charge in [0.25, 0.3) is 0 Å². The van der Waals surface area contributed by atoms with Crippen LogP contribution in [0.25, 0.3) is 0 Å². The van der Waals surface area contributed by atoms with Crippen molar-refractivity contribution in [3.05, 3.63) is 0 Å². The molecule has 0 spiro atoms. The average Bonchev–Trinajstić information content (AvgIpc) is 3.05. The molecule has 0 bridgehead atoms. The third kappa shape index (κ3) is 5.42. The van der Waals surface area contributed by atoms with E-state index in [0.29, 0.717) is 35.5 Å². The number of aliphatic hydroxyl groups excluding tert-OH is 2. The second kappa shape index (κ2) is 9.72. The summed E-state index contributed by atoms with van der Waals surface area (Å²) < 4.78 is 31.6. The van der Waals surface area contributed by atoms with Crippen molar-refractivity contribution in [3.63, 3.8) is 0 Å². The summed E-state index contributed by atoms with van der Waals surface area (Å²) in [4.78, 5) is 11.1. The lowest BCUT2D eigenvalue weighted by Crippen LogP contribution is -2.58. The number of rotatable bonds is 4. The zero-order chi connectivity index (χ0) is 24.8. The minimum atomic E-state index is -4.67. The number of fused-ring (bicyclic) bond motifs is 5. The van der Waals surface area contributed by atoms with Crippen molar-refractivity contribution in [1.29, 1.82) is 0 Å². The van der Waals surface area contributed by atoms with Crippen LogP contribution in [0.1, 0.15) is 85.0 Å². The van der Waals surface area contributed by atoms with E-state index in [4.69, 9.17) is 22.6 Å². The van der Waals surface area contributed by atoms with Gasteiger partial charge in [-0.1, -0.05) is 20.8 Å². The van der Waals surface area contributed by atoms with Crippen LogP contribution in [0.2, 0.25) is 0 Å². The molecule has 192 valence electrons. The van der Waals surface area contributed by atoms with E-state index in [1.54, 1.807) is 0 Å². The summed E-state index contributed by atoms with van der Waals surface area (Å²) in [5.74, 6) is 2.55. The highest BCUT2D eigenvalue weighted by molar-refractivity contribution is 7.79. The highest BCUT2D eigenvalue weighted by atomic mass is 32.3. The molecule has 0 aromatic carbocycles. The Labute approximate surface area is 197 Å². The maximum absolute atomic E-state index is 11.5. The van der Waals surface area contributed by atoms with E-state index < -0.39 is 16.4 Å². The van der Waals surface area contributed by atoms with Gasteiger partial charge in [-0.05, 0) is 104 Å². The van der Waals surface area contributed by atoms with Gasteiger partial charge in [0.2, 0.25) is 0 Å². The number of carboxylic acids is 1. The van der Waals surface area contributed by atoms with Crippen LogP contribution in [-0.2, 0) is 15.2 Å². The van der Waals surface area contributed by atoms with Crippen LogP contribution < -0.4 is 0 Å². The SMILES string of the molecule is C[C@H](CCC(=O)O)[C@H]1CCC2C3CC[C@@H]4C[C@H](O)CC[C@]4(C)C3C[C@H](O)[C@@]21C.O=S(=O)(O)O. The first-order chi connectivity index (χ1) is 15.2. The summed E-state index contributed by atoms with van der Waals surface area (Å²) in [6.45, 7) is 6.99. The Morgan fingerprint density at radius 2 is 1.64 bits per heavy atom. The van der Waals surface area contributed by atoms with Crippen LogP contribution in [0.5, 0.6) is 0 Å². The molecule has 0 saturated heterocycles. The third-order valence-corrected chi connectivity index (χ3v) is 10.3. The fourth-order valence-electron chi connectivity index (χ4n) is 8.71. The number of carbonyl (C=O) groups is 1. The van der Waals surface area contributed by atoms with Crippen molar-refractivity contribution < 1.29 is 37.6 Å². The van der Waals surface area contributed by atoms with Gasteiger partial charge < -0.3 is 15.3 Å². The Morgan fingerprint density at radius 1 is 1.00 bits per heavy atom. The Bertz CT molecular complexity index is 807. The molecule has 0 aromatic rings. The molecule has 3 unspecified atom stereocenters. The molecule has 4 rings (SSSR count). The molecule has 4 saturated carbocycles. The molecule has 8 nitrogen and oxygen atoms in total. The van der Waals surface area contributed by atoms with E-state index >= 15 is 0 Å². The van der Waals surface area contributed by atoms with E-state index in [9.17, 15) is 15.0 Å². The number of hydrogen-bond donors (Lipinski definition) is 5. The first-order valence-electron chi connectivity index (χ1n) is 12.5. The Kier molecular flexibility index (Phi) is 7.91. The van der Waals surface area contributed by atoms with Crippen LogP contribution >= 0.6 is 0 Å². The summed E-state index contributed by atoms with van der Waals surface area (Å²) in [6, 6.07) is 0. The van der Waals surface area contributed by atoms with E-state index in [1.807, 2.05) is 0 Å². The molecule has 33 heavy (non-hydrogen) atoms. The topological polar surface area (TPSA) is 152 Å². The van der Waals surface area contributed by atoms with Gasteiger partial charge in [0.15, 0.2) is 0 Å².